The van der Waals surface area contributed by atoms with Crippen molar-refractivity contribution in [3.8, 4) is 0 Å². The van der Waals surface area contributed by atoms with Crippen LogP contribution >= 0.6 is 0 Å². The molecule has 4 nitrogen and oxygen atoms in total. The molecule has 1 fully saturated rings. The summed E-state index contributed by atoms with van der Waals surface area (Å²) in [5, 5.41) is 4.36. The fourth-order valence-corrected chi connectivity index (χ4v) is 1.82. The summed E-state index contributed by atoms with van der Waals surface area (Å²) in [4.78, 5) is 0. The third kappa shape index (κ3) is 2.13. The van der Waals surface area contributed by atoms with Crippen molar-refractivity contribution in [1.82, 2.24) is 9.78 Å². The van der Waals surface area contributed by atoms with Crippen molar-refractivity contribution in [1.29, 1.82) is 0 Å². The molecule has 1 aliphatic rings. The third-order valence-electron chi connectivity index (χ3n) is 2.65. The van der Waals surface area contributed by atoms with Gasteiger partial charge in [-0.15, -0.1) is 0 Å². The number of ether oxygens (including phenoxy) is 1. The first-order chi connectivity index (χ1) is 6.90. The predicted octanol–water partition coefficient (Wildman–Crippen LogP) is 0.736. The fourth-order valence-electron chi connectivity index (χ4n) is 1.82. The van der Waals surface area contributed by atoms with E-state index in [4.69, 9.17) is 10.5 Å². The van der Waals surface area contributed by atoms with E-state index in [1.54, 1.807) is 0 Å². The average Bonchev–Trinajstić information content (AvgIpc) is 2.68. The lowest BCUT2D eigenvalue weighted by molar-refractivity contribution is 0.0662. The van der Waals surface area contributed by atoms with E-state index >= 15 is 0 Å². The van der Waals surface area contributed by atoms with E-state index in [-0.39, 0.29) is 0 Å². The van der Waals surface area contributed by atoms with E-state index in [1.165, 1.54) is 5.56 Å². The van der Waals surface area contributed by atoms with Crippen molar-refractivity contribution in [2.75, 3.05) is 19.8 Å². The lowest BCUT2D eigenvalue weighted by Gasteiger charge is -2.22. The minimum absolute atomic E-state index is 0.523. The van der Waals surface area contributed by atoms with Gasteiger partial charge in [0.25, 0.3) is 0 Å². The Hall–Kier alpha value is -0.870. The number of nitrogens with two attached hydrogens (primary N) is 1. The summed E-state index contributed by atoms with van der Waals surface area (Å²) >= 11 is 0. The zero-order valence-corrected chi connectivity index (χ0v) is 8.35. The highest BCUT2D eigenvalue weighted by Gasteiger charge is 2.15. The number of hydrogen-bond acceptors (Lipinski definition) is 3. The van der Waals surface area contributed by atoms with Gasteiger partial charge in [-0.1, -0.05) is 0 Å². The highest BCUT2D eigenvalue weighted by Crippen LogP contribution is 2.20. The fraction of sp³-hybridized carbons (Fsp3) is 0.700. The molecule has 14 heavy (non-hydrogen) atoms. The summed E-state index contributed by atoms with van der Waals surface area (Å²) in [6.07, 6.45) is 7.10. The SMILES string of the molecule is NCCc1cnn(C2CCOCC2)c1. The van der Waals surface area contributed by atoms with Crippen molar-refractivity contribution in [3.05, 3.63) is 18.0 Å². The molecule has 0 amide bonds. The molecule has 4 heteroatoms. The van der Waals surface area contributed by atoms with E-state index in [0.29, 0.717) is 12.6 Å². The minimum Gasteiger partial charge on any atom is -0.381 e. The normalized spacial score (nSPS) is 18.6. The molecule has 0 saturated carbocycles. The highest BCUT2D eigenvalue weighted by molar-refractivity contribution is 5.05. The van der Waals surface area contributed by atoms with Crippen LogP contribution < -0.4 is 5.73 Å². The molecule has 1 aromatic heterocycles. The molecule has 0 aromatic carbocycles. The molecule has 1 saturated heterocycles. The monoisotopic (exact) mass is 195 g/mol. The molecule has 78 valence electrons. The Morgan fingerprint density at radius 2 is 2.29 bits per heavy atom. The van der Waals surface area contributed by atoms with Crippen molar-refractivity contribution in [2.45, 2.75) is 25.3 Å². The van der Waals surface area contributed by atoms with Crippen LogP contribution in [-0.2, 0) is 11.2 Å². The molecule has 2 heterocycles. The Bertz CT molecular complexity index is 279. The first kappa shape index (κ1) is 9.68. The molecular weight excluding hydrogens is 178 g/mol. The number of aromatic nitrogens is 2. The quantitative estimate of drug-likeness (QED) is 0.773. The summed E-state index contributed by atoms with van der Waals surface area (Å²) in [5.41, 5.74) is 6.73. The van der Waals surface area contributed by atoms with E-state index in [2.05, 4.69) is 16.0 Å². The molecular formula is C10H17N3O. The Balaban J connectivity index is 2.00. The number of rotatable bonds is 3. The largest absolute Gasteiger partial charge is 0.381 e. The van der Waals surface area contributed by atoms with Crippen LogP contribution in [0, 0.1) is 0 Å². The molecule has 0 atom stereocenters. The number of nitrogens with zero attached hydrogens (tertiary/aromatic N) is 2. The Morgan fingerprint density at radius 3 is 3.00 bits per heavy atom. The second-order valence-electron chi connectivity index (χ2n) is 3.71. The second-order valence-corrected chi connectivity index (χ2v) is 3.71. The number of hydrogen-bond donors (Lipinski definition) is 1. The molecule has 0 aliphatic carbocycles. The molecule has 0 spiro atoms. The van der Waals surface area contributed by atoms with E-state index in [1.807, 2.05) is 6.20 Å². The molecule has 1 aromatic rings. The van der Waals surface area contributed by atoms with Crippen molar-refractivity contribution >= 4 is 0 Å². The van der Waals surface area contributed by atoms with Gasteiger partial charge in [-0.3, -0.25) is 4.68 Å². The highest BCUT2D eigenvalue weighted by atomic mass is 16.5. The standard InChI is InChI=1S/C10H17N3O/c11-4-1-9-7-12-13(8-9)10-2-5-14-6-3-10/h7-8,10H,1-6,11H2. The second kappa shape index (κ2) is 4.57. The summed E-state index contributed by atoms with van der Waals surface area (Å²) in [6.45, 7) is 2.41. The van der Waals surface area contributed by atoms with Gasteiger partial charge in [-0.25, -0.2) is 0 Å². The zero-order chi connectivity index (χ0) is 9.80. The molecule has 2 N–H and O–H groups in total. The van der Waals surface area contributed by atoms with Crippen molar-refractivity contribution in [2.24, 2.45) is 5.73 Å². The molecule has 0 bridgehead atoms. The Kier molecular flexibility index (Phi) is 3.16. The smallest absolute Gasteiger partial charge is 0.0563 e. The average molecular weight is 195 g/mol. The first-order valence-electron chi connectivity index (χ1n) is 5.21. The summed E-state index contributed by atoms with van der Waals surface area (Å²) < 4.78 is 7.38. The van der Waals surface area contributed by atoms with Crippen LogP contribution in [-0.4, -0.2) is 29.5 Å². The van der Waals surface area contributed by atoms with Crippen LogP contribution in [0.25, 0.3) is 0 Å². The van der Waals surface area contributed by atoms with Gasteiger partial charge in [0.1, 0.15) is 0 Å². The first-order valence-corrected chi connectivity index (χ1v) is 5.21. The topological polar surface area (TPSA) is 53.1 Å². The van der Waals surface area contributed by atoms with Gasteiger partial charge in [0, 0.05) is 19.4 Å². The maximum atomic E-state index is 5.49. The van der Waals surface area contributed by atoms with Crippen LogP contribution in [0.4, 0.5) is 0 Å². The Morgan fingerprint density at radius 1 is 1.50 bits per heavy atom. The molecule has 0 unspecified atom stereocenters. The van der Waals surface area contributed by atoms with Crippen LogP contribution in [0.5, 0.6) is 0 Å². The van der Waals surface area contributed by atoms with Gasteiger partial charge >= 0.3 is 0 Å². The van der Waals surface area contributed by atoms with E-state index < -0.39 is 0 Å². The molecule has 2 rings (SSSR count). The van der Waals surface area contributed by atoms with Gasteiger partial charge in [0.2, 0.25) is 0 Å². The predicted molar refractivity (Wildman–Crippen MR) is 54.1 cm³/mol. The maximum Gasteiger partial charge on any atom is 0.0563 e. The Labute approximate surface area is 84.0 Å². The zero-order valence-electron chi connectivity index (χ0n) is 8.35. The minimum atomic E-state index is 0.523. The van der Waals surface area contributed by atoms with E-state index in [9.17, 15) is 0 Å². The van der Waals surface area contributed by atoms with Crippen LogP contribution in [0.15, 0.2) is 12.4 Å². The van der Waals surface area contributed by atoms with Crippen LogP contribution in [0.1, 0.15) is 24.4 Å². The van der Waals surface area contributed by atoms with E-state index in [0.717, 1.165) is 32.5 Å². The third-order valence-corrected chi connectivity index (χ3v) is 2.65. The van der Waals surface area contributed by atoms with Crippen LogP contribution in [0.3, 0.4) is 0 Å². The maximum absolute atomic E-state index is 5.49. The van der Waals surface area contributed by atoms with Crippen molar-refractivity contribution < 1.29 is 4.74 Å². The van der Waals surface area contributed by atoms with Gasteiger partial charge in [0.05, 0.1) is 12.2 Å². The lowest BCUT2D eigenvalue weighted by Crippen LogP contribution is -2.19. The molecule has 1 aliphatic heterocycles. The van der Waals surface area contributed by atoms with Gasteiger partial charge in [-0.2, -0.15) is 5.10 Å². The van der Waals surface area contributed by atoms with Crippen molar-refractivity contribution in [3.63, 3.8) is 0 Å². The lowest BCUT2D eigenvalue weighted by atomic mass is 10.1. The summed E-state index contributed by atoms with van der Waals surface area (Å²) in [6, 6.07) is 0.523. The van der Waals surface area contributed by atoms with Gasteiger partial charge in [0.15, 0.2) is 0 Å². The summed E-state index contributed by atoms with van der Waals surface area (Å²) in [5.74, 6) is 0. The van der Waals surface area contributed by atoms with Crippen LogP contribution in [0.2, 0.25) is 0 Å². The van der Waals surface area contributed by atoms with Gasteiger partial charge < -0.3 is 10.5 Å². The summed E-state index contributed by atoms with van der Waals surface area (Å²) in [7, 11) is 0. The molecule has 0 radical (unpaired) electrons. The van der Waals surface area contributed by atoms with Gasteiger partial charge in [-0.05, 0) is 31.4 Å².